The summed E-state index contributed by atoms with van der Waals surface area (Å²) in [7, 11) is 0. The van der Waals surface area contributed by atoms with Crippen molar-refractivity contribution in [2.75, 3.05) is 28.9 Å². The molecule has 1 aliphatic heterocycles. The van der Waals surface area contributed by atoms with E-state index in [-0.39, 0.29) is 43.0 Å². The number of aryl methyl sites for hydroxylation is 6. The lowest BCUT2D eigenvalue weighted by atomic mass is 10.0. The van der Waals surface area contributed by atoms with Gasteiger partial charge in [-0.15, -0.1) is 11.6 Å². The predicted molar refractivity (Wildman–Crippen MR) is 295 cm³/mol. The Labute approximate surface area is 434 Å². The second-order valence-electron chi connectivity index (χ2n) is 17.5. The van der Waals surface area contributed by atoms with Gasteiger partial charge in [-0.05, 0) is 131 Å². The van der Waals surface area contributed by atoms with Crippen molar-refractivity contribution in [1.29, 1.82) is 15.8 Å². The Hall–Kier alpha value is -9.16. The van der Waals surface area contributed by atoms with Crippen molar-refractivity contribution in [3.8, 4) is 69.2 Å². The maximum Gasteiger partial charge on any atom is 0.262 e. The average Bonchev–Trinajstić information content (AvgIpc) is 4.01. The number of nitriles is 3. The summed E-state index contributed by atoms with van der Waals surface area (Å²) in [4.78, 5) is 23.2. The molecule has 0 spiro atoms. The van der Waals surface area contributed by atoms with Crippen LogP contribution in [0.25, 0.3) is 66.5 Å². The van der Waals surface area contributed by atoms with Crippen molar-refractivity contribution in [3.05, 3.63) is 143 Å². The molecule has 14 nitrogen and oxygen atoms in total. The highest BCUT2D eigenvalue weighted by Crippen LogP contribution is 2.40. The van der Waals surface area contributed by atoms with Crippen LogP contribution in [0.5, 0.6) is 17.2 Å². The first-order valence-electron chi connectivity index (χ1n) is 23.6. The second-order valence-corrected chi connectivity index (χ2v) is 17.8. The van der Waals surface area contributed by atoms with Crippen LogP contribution in [0.15, 0.2) is 109 Å². The number of carbonyl (C=O) groups excluding carboxylic acids is 2. The highest BCUT2D eigenvalue weighted by atomic mass is 35.5. The Kier molecular flexibility index (Phi) is 15.7. The average molecular weight is 1010 g/mol. The Balaban J connectivity index is 0.000000162. The largest absolute Gasteiger partial charge is 0.506 e. The summed E-state index contributed by atoms with van der Waals surface area (Å²) in [5.41, 5.74) is 20.3. The van der Waals surface area contributed by atoms with Gasteiger partial charge in [0.25, 0.3) is 5.91 Å². The third kappa shape index (κ3) is 9.90. The zero-order valence-electron chi connectivity index (χ0n) is 41.2. The van der Waals surface area contributed by atoms with Crippen molar-refractivity contribution in [1.82, 2.24) is 13.7 Å². The van der Waals surface area contributed by atoms with Crippen LogP contribution in [0.3, 0.4) is 0 Å². The quantitative estimate of drug-likeness (QED) is 0.0554. The van der Waals surface area contributed by atoms with Crippen molar-refractivity contribution in [2.45, 2.75) is 68.6 Å². The fraction of sp³-hybridized carbons (Fsp3) is 0.203. The smallest absolute Gasteiger partial charge is 0.262 e. The molecule has 0 saturated carbocycles. The summed E-state index contributed by atoms with van der Waals surface area (Å²) in [6, 6.07) is 40.8. The van der Waals surface area contributed by atoms with E-state index in [9.17, 15) is 35.6 Å². The van der Waals surface area contributed by atoms with Gasteiger partial charge >= 0.3 is 0 Å². The van der Waals surface area contributed by atoms with E-state index in [0.29, 0.717) is 40.4 Å². The number of fused-ring (bicyclic) bond motifs is 4. The number of rotatable bonds is 8. The molecule has 6 aromatic carbocycles. The normalized spacial score (nSPS) is 11.4. The molecule has 0 radical (unpaired) electrons. The molecule has 374 valence electrons. The van der Waals surface area contributed by atoms with E-state index in [1.54, 1.807) is 30.3 Å². The minimum absolute atomic E-state index is 0. The van der Waals surface area contributed by atoms with Crippen molar-refractivity contribution >= 4 is 73.2 Å². The number of amides is 2. The van der Waals surface area contributed by atoms with Gasteiger partial charge in [-0.3, -0.25) is 9.59 Å². The molecule has 2 amide bonds. The van der Waals surface area contributed by atoms with Gasteiger partial charge in [0, 0.05) is 52.5 Å². The molecule has 74 heavy (non-hydrogen) atoms. The van der Waals surface area contributed by atoms with Gasteiger partial charge in [0.15, 0.2) is 6.61 Å². The molecule has 10 rings (SSSR count). The summed E-state index contributed by atoms with van der Waals surface area (Å²) < 4.78 is 11.8. The van der Waals surface area contributed by atoms with Gasteiger partial charge < -0.3 is 45.0 Å². The highest BCUT2D eigenvalue weighted by Gasteiger charge is 2.23. The number of nitrogens with two attached hydrogens (primary N) is 1. The minimum Gasteiger partial charge on any atom is -0.506 e. The van der Waals surface area contributed by atoms with E-state index in [2.05, 4.69) is 74.6 Å². The number of nitrogen functional groups attached to an aromatic ring is 1. The molecule has 1 aliphatic rings. The topological polar surface area (TPSA) is 220 Å². The van der Waals surface area contributed by atoms with Crippen molar-refractivity contribution in [2.24, 2.45) is 0 Å². The SMILES string of the molecule is C.CCn1c(-c2ccc(O)c(N)c2)c(C#N)c2ccc(C)cc21.CCn1c(-c2ccc(O)c(NC(=O)CCl)c2)c(C#N)c2ccc(C)cc21.CCn1c(-c2ccc3c(c2)NC(=O)CO3)c(C#N)c2ccc(C)cc21. The van der Waals surface area contributed by atoms with Crippen molar-refractivity contribution in [3.63, 3.8) is 0 Å². The molecule has 0 aliphatic carbocycles. The number of hydrogen-bond donors (Lipinski definition) is 5. The number of carbonyl (C=O) groups is 2. The number of benzene rings is 6. The maximum absolute atomic E-state index is 11.6. The Bertz CT molecular complexity index is 3810. The van der Waals surface area contributed by atoms with Gasteiger partial charge in [0.2, 0.25) is 5.91 Å². The fourth-order valence-electron chi connectivity index (χ4n) is 9.50. The lowest BCUT2D eigenvalue weighted by Crippen LogP contribution is -2.25. The summed E-state index contributed by atoms with van der Waals surface area (Å²) in [6.07, 6.45) is 0. The molecular weight excluding hydrogens is 950 g/mol. The predicted octanol–water partition coefficient (Wildman–Crippen LogP) is 12.7. The van der Waals surface area contributed by atoms with E-state index < -0.39 is 5.91 Å². The number of alkyl halides is 1. The Morgan fingerprint density at radius 3 is 1.49 bits per heavy atom. The molecule has 3 aromatic heterocycles. The van der Waals surface area contributed by atoms with E-state index in [0.717, 1.165) is 96.3 Å². The van der Waals surface area contributed by atoms with Crippen LogP contribution in [0.1, 0.15) is 61.6 Å². The van der Waals surface area contributed by atoms with E-state index in [1.165, 1.54) is 6.07 Å². The highest BCUT2D eigenvalue weighted by molar-refractivity contribution is 6.29. The van der Waals surface area contributed by atoms with Gasteiger partial charge in [-0.2, -0.15) is 15.8 Å². The van der Waals surface area contributed by atoms with E-state index in [4.69, 9.17) is 22.1 Å². The van der Waals surface area contributed by atoms with Crippen LogP contribution in [-0.2, 0) is 29.2 Å². The maximum atomic E-state index is 11.6. The van der Waals surface area contributed by atoms with Crippen LogP contribution in [-0.4, -0.2) is 48.2 Å². The molecule has 6 N–H and O–H groups in total. The van der Waals surface area contributed by atoms with Crippen LogP contribution in [0, 0.1) is 54.8 Å². The first-order valence-corrected chi connectivity index (χ1v) is 24.2. The summed E-state index contributed by atoms with van der Waals surface area (Å²) >= 11 is 5.53. The van der Waals surface area contributed by atoms with Crippen LogP contribution < -0.4 is 21.1 Å². The standard InChI is InChI=1S/C20H18ClN3O2.C20H17N3O2.C18H17N3O.CH4/c1-3-24-17-8-12(2)4-6-14(17)15(11-22)20(24)13-5-7-18(25)16(9-13)23-19(26)10-21;1-3-23-17-8-12(2)4-6-14(17)15(10-21)20(23)13-5-7-18-16(9-13)22-19(24)11-25-18;1-3-21-16-8-11(2)4-6-13(16)14(10-19)18(21)12-5-7-17(22)15(20)9-12;/h4-9,25H,3,10H2,1-2H3,(H,23,26);4-9H,3,11H2,1-2H3,(H,22,24);4-9,22H,3,20H2,1-2H3;1H4. The van der Waals surface area contributed by atoms with Crippen molar-refractivity contribution < 1.29 is 24.5 Å². The molecule has 15 heteroatoms. The zero-order valence-corrected chi connectivity index (χ0v) is 41.9. The molecule has 0 saturated heterocycles. The third-order valence-electron chi connectivity index (χ3n) is 12.8. The molecule has 9 aromatic rings. The summed E-state index contributed by atoms with van der Waals surface area (Å²) in [6.45, 7) is 14.4. The monoisotopic (exact) mass is 1010 g/mol. The molecule has 0 atom stereocenters. The number of ether oxygens (including phenoxy) is 1. The fourth-order valence-corrected chi connectivity index (χ4v) is 9.57. The van der Waals surface area contributed by atoms with Crippen LogP contribution >= 0.6 is 11.6 Å². The van der Waals surface area contributed by atoms with Gasteiger partial charge in [-0.25, -0.2) is 0 Å². The second kappa shape index (κ2) is 22.1. The Morgan fingerprint density at radius 2 is 1.07 bits per heavy atom. The lowest BCUT2D eigenvalue weighted by molar-refractivity contribution is -0.118. The third-order valence-corrected chi connectivity index (χ3v) is 13.0. The zero-order chi connectivity index (χ0) is 52.2. The number of anilines is 3. The molecular formula is C59H56ClN9O5. The lowest BCUT2D eigenvalue weighted by Gasteiger charge is -2.19. The number of nitrogens with one attached hydrogen (secondary N) is 2. The molecule has 0 unspecified atom stereocenters. The minimum atomic E-state index is -0.411. The molecule has 4 heterocycles. The number of halogens is 1. The number of phenols is 2. The number of aromatic hydroxyl groups is 2. The van der Waals surface area contributed by atoms with Crippen LogP contribution in [0.4, 0.5) is 17.1 Å². The van der Waals surface area contributed by atoms with Gasteiger partial charge in [0.05, 0.1) is 67.4 Å². The first kappa shape index (κ1) is 52.7. The number of aromatic nitrogens is 3. The van der Waals surface area contributed by atoms with E-state index in [1.807, 2.05) is 82.3 Å². The first-order chi connectivity index (χ1) is 35.2. The number of phenolic OH excluding ortho intramolecular Hbond substituents is 2. The number of hydrogen-bond acceptors (Lipinski definition) is 9. The van der Waals surface area contributed by atoms with E-state index >= 15 is 0 Å². The molecule has 0 fully saturated rings. The summed E-state index contributed by atoms with van der Waals surface area (Å²) in [5, 5.41) is 57.0. The van der Waals surface area contributed by atoms with Gasteiger partial charge in [0.1, 0.15) is 41.3 Å². The number of nitrogens with zero attached hydrogens (tertiary/aromatic N) is 6. The van der Waals surface area contributed by atoms with Gasteiger partial charge in [-0.1, -0.05) is 43.8 Å². The summed E-state index contributed by atoms with van der Waals surface area (Å²) in [5.74, 6) is -0.139. The van der Waals surface area contributed by atoms with Crippen LogP contribution in [0.2, 0.25) is 0 Å². The Morgan fingerprint density at radius 1 is 0.649 bits per heavy atom. The molecule has 0 bridgehead atoms.